The summed E-state index contributed by atoms with van der Waals surface area (Å²) in [5.41, 5.74) is 2.93. The van der Waals surface area contributed by atoms with Crippen LogP contribution in [0.15, 0.2) is 89.4 Å². The Kier molecular flexibility index (Phi) is 9.25. The number of carbonyl (C=O) groups is 2. The first-order valence-corrected chi connectivity index (χ1v) is 12.2. The van der Waals surface area contributed by atoms with E-state index in [9.17, 15) is 9.59 Å². The molecule has 4 nitrogen and oxygen atoms in total. The van der Waals surface area contributed by atoms with Gasteiger partial charge < -0.3 is 10.2 Å². The minimum Gasteiger partial charge on any atom is -0.352 e. The van der Waals surface area contributed by atoms with Crippen molar-refractivity contribution in [2.24, 2.45) is 0 Å². The maximum Gasteiger partial charge on any atom is 0.243 e. The third-order valence-corrected chi connectivity index (χ3v) is 6.21. The largest absolute Gasteiger partial charge is 0.352 e. The van der Waals surface area contributed by atoms with Gasteiger partial charge in [0.05, 0.1) is 6.42 Å². The quantitative estimate of drug-likeness (QED) is 0.392. The zero-order valence-corrected chi connectivity index (χ0v) is 20.8. The molecule has 0 saturated carbocycles. The highest BCUT2D eigenvalue weighted by molar-refractivity contribution is 9.10. The summed E-state index contributed by atoms with van der Waals surface area (Å²) < 4.78 is 0.944. The first-order valence-electron chi connectivity index (χ1n) is 11.4. The summed E-state index contributed by atoms with van der Waals surface area (Å²) in [5.74, 6) is -0.189. The van der Waals surface area contributed by atoms with Crippen molar-refractivity contribution in [2.45, 2.75) is 51.7 Å². The van der Waals surface area contributed by atoms with Gasteiger partial charge in [0.2, 0.25) is 11.8 Å². The first kappa shape index (κ1) is 24.7. The molecule has 0 unspecified atom stereocenters. The van der Waals surface area contributed by atoms with Crippen LogP contribution in [0.25, 0.3) is 0 Å². The van der Waals surface area contributed by atoms with Gasteiger partial charge in [-0.2, -0.15) is 0 Å². The summed E-state index contributed by atoms with van der Waals surface area (Å²) in [6, 6.07) is 26.9. The lowest BCUT2D eigenvalue weighted by molar-refractivity contribution is -0.141. The van der Waals surface area contributed by atoms with Crippen LogP contribution in [-0.2, 0) is 29.0 Å². The van der Waals surface area contributed by atoms with Gasteiger partial charge in [0.25, 0.3) is 0 Å². The predicted octanol–water partition coefficient (Wildman–Crippen LogP) is 5.55. The molecule has 3 rings (SSSR count). The summed E-state index contributed by atoms with van der Waals surface area (Å²) in [7, 11) is 0. The fraction of sp³-hybridized carbons (Fsp3) is 0.286. The Labute approximate surface area is 205 Å². The number of rotatable bonds is 10. The van der Waals surface area contributed by atoms with Crippen LogP contribution in [0, 0.1) is 0 Å². The number of benzene rings is 3. The highest BCUT2D eigenvalue weighted by Gasteiger charge is 2.31. The molecular weight excluding hydrogens is 476 g/mol. The molecule has 0 saturated heterocycles. The van der Waals surface area contributed by atoms with Crippen LogP contribution in [0.5, 0.6) is 0 Å². The van der Waals surface area contributed by atoms with Gasteiger partial charge >= 0.3 is 0 Å². The van der Waals surface area contributed by atoms with Gasteiger partial charge in [-0.1, -0.05) is 95.7 Å². The molecule has 3 aromatic carbocycles. The molecule has 172 valence electrons. The summed E-state index contributed by atoms with van der Waals surface area (Å²) in [4.78, 5) is 28.8. The molecule has 0 bridgehead atoms. The minimum absolute atomic E-state index is 0.0349. The SMILES string of the molecule is CC[C@@H](C)NC(=O)[C@H](Cc1ccccc1)N(Cc1cccc(Br)c1)C(=O)Cc1ccccc1. The highest BCUT2D eigenvalue weighted by atomic mass is 79.9. The number of hydrogen-bond acceptors (Lipinski definition) is 2. The molecule has 5 heteroatoms. The van der Waals surface area contributed by atoms with Crippen LogP contribution in [-0.4, -0.2) is 28.8 Å². The number of carbonyl (C=O) groups excluding carboxylic acids is 2. The lowest BCUT2D eigenvalue weighted by atomic mass is 10.0. The van der Waals surface area contributed by atoms with E-state index in [1.54, 1.807) is 4.90 Å². The average molecular weight is 507 g/mol. The molecule has 3 aromatic rings. The highest BCUT2D eigenvalue weighted by Crippen LogP contribution is 2.19. The molecule has 0 aromatic heterocycles. The van der Waals surface area contributed by atoms with Gasteiger partial charge in [-0.05, 0) is 42.2 Å². The van der Waals surface area contributed by atoms with E-state index in [0.717, 1.165) is 27.6 Å². The van der Waals surface area contributed by atoms with E-state index in [1.807, 2.05) is 98.8 Å². The van der Waals surface area contributed by atoms with Crippen molar-refractivity contribution >= 4 is 27.7 Å². The molecule has 0 radical (unpaired) electrons. The Morgan fingerprint density at radius 3 is 2.09 bits per heavy atom. The van der Waals surface area contributed by atoms with Crippen molar-refractivity contribution in [2.75, 3.05) is 0 Å². The smallest absolute Gasteiger partial charge is 0.243 e. The second-order valence-corrected chi connectivity index (χ2v) is 9.25. The van der Waals surface area contributed by atoms with Crippen LogP contribution < -0.4 is 5.32 Å². The summed E-state index contributed by atoms with van der Waals surface area (Å²) in [6.45, 7) is 4.38. The number of hydrogen-bond donors (Lipinski definition) is 1. The molecule has 0 fully saturated rings. The zero-order chi connectivity index (χ0) is 23.6. The molecule has 2 amide bonds. The molecular formula is C28H31BrN2O2. The lowest BCUT2D eigenvalue weighted by Gasteiger charge is -2.32. The predicted molar refractivity (Wildman–Crippen MR) is 137 cm³/mol. The van der Waals surface area contributed by atoms with Crippen molar-refractivity contribution in [3.63, 3.8) is 0 Å². The maximum absolute atomic E-state index is 13.6. The minimum atomic E-state index is -0.614. The second-order valence-electron chi connectivity index (χ2n) is 8.34. The zero-order valence-electron chi connectivity index (χ0n) is 19.2. The molecule has 0 aliphatic heterocycles. The Balaban J connectivity index is 1.96. The summed E-state index contributed by atoms with van der Waals surface area (Å²) in [5, 5.41) is 3.10. The van der Waals surface area contributed by atoms with E-state index < -0.39 is 6.04 Å². The number of amides is 2. The topological polar surface area (TPSA) is 49.4 Å². The fourth-order valence-corrected chi connectivity index (χ4v) is 4.15. The standard InChI is InChI=1S/C28H31BrN2O2/c1-3-21(2)30-28(33)26(18-22-11-6-4-7-12-22)31(20-24-15-10-16-25(29)17-24)27(32)19-23-13-8-5-9-14-23/h4-17,21,26H,3,18-20H2,1-2H3,(H,30,33)/t21-,26+/m1/s1. The van der Waals surface area contributed by atoms with E-state index in [2.05, 4.69) is 21.2 Å². The van der Waals surface area contributed by atoms with Crippen LogP contribution in [0.3, 0.4) is 0 Å². The Morgan fingerprint density at radius 2 is 1.48 bits per heavy atom. The first-order chi connectivity index (χ1) is 16.0. The van der Waals surface area contributed by atoms with E-state index >= 15 is 0 Å². The van der Waals surface area contributed by atoms with Gasteiger partial charge in [0, 0.05) is 23.5 Å². The summed E-state index contributed by atoms with van der Waals surface area (Å²) in [6.07, 6.45) is 1.53. The van der Waals surface area contributed by atoms with Crippen LogP contribution in [0.2, 0.25) is 0 Å². The molecule has 0 spiro atoms. The molecule has 1 N–H and O–H groups in total. The van der Waals surface area contributed by atoms with Crippen molar-refractivity contribution in [3.8, 4) is 0 Å². The van der Waals surface area contributed by atoms with Crippen LogP contribution in [0.4, 0.5) is 0 Å². The van der Waals surface area contributed by atoms with Gasteiger partial charge in [0.1, 0.15) is 6.04 Å². The number of nitrogens with one attached hydrogen (secondary N) is 1. The van der Waals surface area contributed by atoms with Gasteiger partial charge in [-0.3, -0.25) is 9.59 Å². The van der Waals surface area contributed by atoms with Gasteiger partial charge in [-0.15, -0.1) is 0 Å². The van der Waals surface area contributed by atoms with E-state index in [0.29, 0.717) is 13.0 Å². The van der Waals surface area contributed by atoms with Crippen LogP contribution in [0.1, 0.15) is 37.0 Å². The number of nitrogens with zero attached hydrogens (tertiary/aromatic N) is 1. The van der Waals surface area contributed by atoms with E-state index in [-0.39, 0.29) is 24.3 Å². The molecule has 33 heavy (non-hydrogen) atoms. The van der Waals surface area contributed by atoms with Crippen LogP contribution >= 0.6 is 15.9 Å². The van der Waals surface area contributed by atoms with Crippen molar-refractivity contribution in [1.82, 2.24) is 10.2 Å². The molecule has 0 aliphatic carbocycles. The lowest BCUT2D eigenvalue weighted by Crippen LogP contribution is -2.52. The monoisotopic (exact) mass is 506 g/mol. The number of halogens is 1. The maximum atomic E-state index is 13.6. The molecule has 0 aliphatic rings. The second kappa shape index (κ2) is 12.4. The Bertz CT molecular complexity index is 1040. The van der Waals surface area contributed by atoms with Crippen molar-refractivity contribution < 1.29 is 9.59 Å². The summed E-state index contributed by atoms with van der Waals surface area (Å²) >= 11 is 3.52. The van der Waals surface area contributed by atoms with Crippen molar-refractivity contribution in [1.29, 1.82) is 0 Å². The molecule has 0 heterocycles. The van der Waals surface area contributed by atoms with Gasteiger partial charge in [-0.25, -0.2) is 0 Å². The Hall–Kier alpha value is -2.92. The third kappa shape index (κ3) is 7.57. The van der Waals surface area contributed by atoms with Gasteiger partial charge in [0.15, 0.2) is 0 Å². The Morgan fingerprint density at radius 1 is 0.879 bits per heavy atom. The average Bonchev–Trinajstić information content (AvgIpc) is 2.82. The van der Waals surface area contributed by atoms with E-state index in [4.69, 9.17) is 0 Å². The third-order valence-electron chi connectivity index (χ3n) is 5.71. The molecule has 2 atom stereocenters. The van der Waals surface area contributed by atoms with E-state index in [1.165, 1.54) is 0 Å². The normalized spacial score (nSPS) is 12.6. The fourth-order valence-electron chi connectivity index (χ4n) is 3.70. The van der Waals surface area contributed by atoms with Crippen molar-refractivity contribution in [3.05, 3.63) is 106 Å².